The number of benzene rings is 5. The lowest BCUT2D eigenvalue weighted by Crippen LogP contribution is -2.32. The number of rotatable bonds is 5. The van der Waals surface area contributed by atoms with Crippen LogP contribution in [0.15, 0.2) is 162 Å². The van der Waals surface area contributed by atoms with Crippen molar-refractivity contribution in [3.05, 3.63) is 202 Å². The Labute approximate surface area is 319 Å². The Balaban J connectivity index is 1.05. The third-order valence-electron chi connectivity index (χ3n) is 11.7. The Kier molecular flexibility index (Phi) is 7.54. The van der Waals surface area contributed by atoms with Crippen LogP contribution in [0.2, 0.25) is 0 Å². The largest absolute Gasteiger partial charge is 0.456 e. The third-order valence-corrected chi connectivity index (χ3v) is 11.7. The number of fused-ring (bicyclic) bond motifs is 7. The Hall–Kier alpha value is -6.65. The second-order valence-electron chi connectivity index (χ2n) is 15.0. The molecule has 5 aromatic carbocycles. The summed E-state index contributed by atoms with van der Waals surface area (Å²) >= 11 is 0. The average molecular weight is 708 g/mol. The number of hydrogen-bond donors (Lipinski definition) is 0. The van der Waals surface area contributed by atoms with Crippen LogP contribution in [0.1, 0.15) is 65.0 Å². The van der Waals surface area contributed by atoms with E-state index >= 15 is 0 Å². The van der Waals surface area contributed by atoms with E-state index < -0.39 is 0 Å². The fourth-order valence-electron chi connectivity index (χ4n) is 8.98. The van der Waals surface area contributed by atoms with Gasteiger partial charge in [-0.05, 0) is 75.2 Å². The molecule has 55 heavy (non-hydrogen) atoms. The van der Waals surface area contributed by atoms with Crippen molar-refractivity contribution in [3.63, 3.8) is 0 Å². The van der Waals surface area contributed by atoms with Gasteiger partial charge in [-0.3, -0.25) is 0 Å². The molecule has 0 aliphatic heterocycles. The van der Waals surface area contributed by atoms with Gasteiger partial charge >= 0.3 is 0 Å². The number of hydrogen-bond acceptors (Lipinski definition) is 4. The zero-order chi connectivity index (χ0) is 36.3. The highest BCUT2D eigenvalue weighted by molar-refractivity contribution is 6.10. The summed E-state index contributed by atoms with van der Waals surface area (Å²) in [6.45, 7) is 0. The predicted octanol–water partition coefficient (Wildman–Crippen LogP) is 10.7. The maximum Gasteiger partial charge on any atom is 0.163 e. The van der Waals surface area contributed by atoms with Gasteiger partial charge in [0.1, 0.15) is 17.0 Å². The summed E-state index contributed by atoms with van der Waals surface area (Å²) in [4.78, 5) is 15.9. The predicted molar refractivity (Wildman–Crippen MR) is 224 cm³/mol. The van der Waals surface area contributed by atoms with Gasteiger partial charge in [-0.25, -0.2) is 15.0 Å². The molecule has 0 saturated carbocycles. The quantitative estimate of drug-likeness (QED) is 0.179. The SMILES string of the molecule is C1=CCCC(c2ccc(-c3nc(C4=CC5C=Cc6ccccc6C5C=C4)nc(C4C=c5ccccc5=C(c5cccc6oc7ccccc7c56)C4)n3)cc2)=C1. The first-order chi connectivity index (χ1) is 27.2. The summed E-state index contributed by atoms with van der Waals surface area (Å²) in [7, 11) is 0. The fraction of sp³-hybridized carbons (Fsp3) is 0.118. The zero-order valence-electron chi connectivity index (χ0n) is 30.3. The van der Waals surface area contributed by atoms with E-state index in [0.717, 1.165) is 58.2 Å². The Morgan fingerprint density at radius 3 is 2.40 bits per heavy atom. The van der Waals surface area contributed by atoms with Gasteiger partial charge in [0, 0.05) is 39.7 Å². The highest BCUT2D eigenvalue weighted by Gasteiger charge is 2.28. The molecule has 0 saturated heterocycles. The molecule has 3 atom stereocenters. The smallest absolute Gasteiger partial charge is 0.163 e. The lowest BCUT2D eigenvalue weighted by Gasteiger charge is -2.28. The van der Waals surface area contributed by atoms with Crippen molar-refractivity contribution < 1.29 is 4.42 Å². The highest BCUT2D eigenvalue weighted by Crippen LogP contribution is 2.42. The molecule has 0 fully saturated rings. The van der Waals surface area contributed by atoms with Crippen molar-refractivity contribution in [2.45, 2.75) is 31.1 Å². The minimum absolute atomic E-state index is 0.0698. The topological polar surface area (TPSA) is 51.8 Å². The van der Waals surface area contributed by atoms with E-state index in [1.54, 1.807) is 0 Å². The molecular weight excluding hydrogens is 671 g/mol. The molecule has 4 aliphatic carbocycles. The van der Waals surface area contributed by atoms with Gasteiger partial charge in [-0.2, -0.15) is 0 Å². The van der Waals surface area contributed by atoms with E-state index in [9.17, 15) is 0 Å². The molecule has 0 spiro atoms. The van der Waals surface area contributed by atoms with Gasteiger partial charge in [0.25, 0.3) is 0 Å². The monoisotopic (exact) mass is 707 g/mol. The van der Waals surface area contributed by atoms with Gasteiger partial charge in [-0.1, -0.05) is 158 Å². The molecule has 0 N–H and O–H groups in total. The molecule has 4 heteroatoms. The molecule has 0 bridgehead atoms. The van der Waals surface area contributed by atoms with E-state index in [-0.39, 0.29) is 11.8 Å². The number of aromatic nitrogens is 3. The fourth-order valence-corrected chi connectivity index (χ4v) is 8.98. The molecule has 4 nitrogen and oxygen atoms in total. The van der Waals surface area contributed by atoms with E-state index in [2.05, 4.69) is 164 Å². The summed E-state index contributed by atoms with van der Waals surface area (Å²) in [5.41, 5.74) is 11.5. The molecule has 7 aromatic rings. The van der Waals surface area contributed by atoms with E-state index in [1.165, 1.54) is 43.8 Å². The molecule has 2 heterocycles. The van der Waals surface area contributed by atoms with Gasteiger partial charge < -0.3 is 4.42 Å². The molecule has 11 rings (SSSR count). The van der Waals surface area contributed by atoms with Crippen molar-refractivity contribution in [2.75, 3.05) is 0 Å². The van der Waals surface area contributed by atoms with Crippen molar-refractivity contribution in [1.82, 2.24) is 15.0 Å². The third kappa shape index (κ3) is 5.56. The number of furan rings is 1. The van der Waals surface area contributed by atoms with Crippen LogP contribution in [0, 0.1) is 5.92 Å². The van der Waals surface area contributed by atoms with E-state index in [4.69, 9.17) is 19.4 Å². The molecular formula is C51H37N3O. The van der Waals surface area contributed by atoms with Crippen molar-refractivity contribution >= 4 is 50.8 Å². The lowest BCUT2D eigenvalue weighted by atomic mass is 9.76. The normalized spacial score (nSPS) is 19.7. The van der Waals surface area contributed by atoms with Gasteiger partial charge in [0.15, 0.2) is 11.6 Å². The molecule has 2 aromatic heterocycles. The van der Waals surface area contributed by atoms with Gasteiger partial charge in [0.05, 0.1) is 0 Å². The van der Waals surface area contributed by atoms with E-state index in [0.29, 0.717) is 17.6 Å². The molecule has 4 aliphatic rings. The van der Waals surface area contributed by atoms with Crippen LogP contribution in [0.4, 0.5) is 0 Å². The maximum atomic E-state index is 6.36. The van der Waals surface area contributed by atoms with Crippen LogP contribution >= 0.6 is 0 Å². The Morgan fingerprint density at radius 2 is 1.47 bits per heavy atom. The summed E-state index contributed by atoms with van der Waals surface area (Å²) in [6.07, 6.45) is 23.3. The van der Waals surface area contributed by atoms with Crippen molar-refractivity contribution in [1.29, 1.82) is 0 Å². The van der Waals surface area contributed by atoms with Crippen LogP contribution in [0.5, 0.6) is 0 Å². The van der Waals surface area contributed by atoms with Crippen LogP contribution in [-0.2, 0) is 0 Å². The Bertz CT molecular complexity index is 2970. The van der Waals surface area contributed by atoms with Gasteiger partial charge in [0.2, 0.25) is 0 Å². The van der Waals surface area contributed by atoms with Crippen molar-refractivity contribution in [2.24, 2.45) is 5.92 Å². The summed E-state index contributed by atoms with van der Waals surface area (Å²) < 4.78 is 6.36. The minimum Gasteiger partial charge on any atom is -0.456 e. The standard InChI is InChI=1S/C51H37N3O/c1-2-11-32(12-3-1)33-21-24-35(25-22-33)49-52-50(38-27-28-42-37(29-38)26-23-34-13-4-6-15-40(34)42)54-51(53-49)39-30-36-14-5-7-16-41(36)45(31-39)43-18-10-20-47-48(43)44-17-8-9-19-46(44)55-47/h1-2,4-11,13-30,37,39,42H,3,12,31H2. The second kappa shape index (κ2) is 13.0. The number of allylic oxidation sites excluding steroid dienone is 9. The molecule has 3 unspecified atom stereocenters. The molecule has 0 radical (unpaired) electrons. The zero-order valence-corrected chi connectivity index (χ0v) is 30.3. The average Bonchev–Trinajstić information content (AvgIpc) is 3.65. The van der Waals surface area contributed by atoms with Crippen molar-refractivity contribution in [3.8, 4) is 11.4 Å². The number of para-hydroxylation sites is 1. The number of nitrogens with zero attached hydrogens (tertiary/aromatic N) is 3. The summed E-state index contributed by atoms with van der Waals surface area (Å²) in [6, 6.07) is 40.9. The minimum atomic E-state index is -0.0698. The van der Waals surface area contributed by atoms with Crippen LogP contribution < -0.4 is 10.4 Å². The second-order valence-corrected chi connectivity index (χ2v) is 15.0. The van der Waals surface area contributed by atoms with Crippen LogP contribution in [-0.4, -0.2) is 15.0 Å². The highest BCUT2D eigenvalue weighted by atomic mass is 16.3. The summed E-state index contributed by atoms with van der Waals surface area (Å²) in [5.74, 6) is 2.64. The maximum absolute atomic E-state index is 6.36. The molecule has 0 amide bonds. The van der Waals surface area contributed by atoms with Gasteiger partial charge in [-0.15, -0.1) is 0 Å². The van der Waals surface area contributed by atoms with E-state index in [1.807, 2.05) is 6.07 Å². The van der Waals surface area contributed by atoms with Crippen LogP contribution in [0.25, 0.3) is 62.2 Å². The Morgan fingerprint density at radius 1 is 0.655 bits per heavy atom. The first kappa shape index (κ1) is 31.8. The van der Waals surface area contributed by atoms with Crippen LogP contribution in [0.3, 0.4) is 0 Å². The molecule has 262 valence electrons. The first-order valence-electron chi connectivity index (χ1n) is 19.3. The first-order valence-corrected chi connectivity index (χ1v) is 19.3. The summed E-state index contributed by atoms with van der Waals surface area (Å²) in [5, 5.41) is 4.71. The lowest BCUT2D eigenvalue weighted by molar-refractivity contribution is 0.669.